The molecule has 0 aliphatic rings. The molecule has 0 rings (SSSR count). The van der Waals surface area contributed by atoms with E-state index in [0.717, 1.165) is 0 Å². The molecule has 0 bridgehead atoms. The largest absolute Gasteiger partial charge is 0.363 e. The van der Waals surface area contributed by atoms with E-state index in [9.17, 15) is 0 Å². The number of hydrogen-bond acceptors (Lipinski definition) is 6. The van der Waals surface area contributed by atoms with Gasteiger partial charge in [0.1, 0.15) is 0 Å². The van der Waals surface area contributed by atoms with Gasteiger partial charge < -0.3 is 22.6 Å². The van der Waals surface area contributed by atoms with Crippen molar-refractivity contribution in [3.05, 3.63) is 0 Å². The molecule has 6 nitrogen and oxygen atoms in total. The minimum absolute atomic E-state index is 0.417. The molecule has 0 aromatic carbocycles. The molecule has 104 valence electrons. The molecule has 0 heterocycles. The summed E-state index contributed by atoms with van der Waals surface area (Å²) in [6.45, 7) is 4.01. The van der Waals surface area contributed by atoms with Gasteiger partial charge in [0.25, 0.3) is 0 Å². The molecule has 0 aromatic heterocycles. The van der Waals surface area contributed by atoms with Gasteiger partial charge in [0.15, 0.2) is 0 Å². The van der Waals surface area contributed by atoms with E-state index in [-0.39, 0.29) is 0 Å². The fraction of sp³-hybridized carbons (Fsp3) is 1.00. The van der Waals surface area contributed by atoms with Crippen molar-refractivity contribution in [3.63, 3.8) is 0 Å². The first-order valence-electron chi connectivity index (χ1n) is 5.30. The highest BCUT2D eigenvalue weighted by atomic mass is 32.5. The summed E-state index contributed by atoms with van der Waals surface area (Å²) in [4.78, 5) is 0. The van der Waals surface area contributed by atoms with Crippen molar-refractivity contribution < 1.29 is 22.6 Å². The lowest BCUT2D eigenvalue weighted by atomic mass is 10.9. The predicted molar refractivity (Wildman–Crippen MR) is 72.5 cm³/mol. The Morgan fingerprint density at radius 1 is 0.882 bits per heavy atom. The van der Waals surface area contributed by atoms with Crippen LogP contribution >= 0.6 is 14.4 Å². The van der Waals surface area contributed by atoms with E-state index in [2.05, 4.69) is 4.52 Å². The van der Waals surface area contributed by atoms with Crippen LogP contribution in [0.3, 0.4) is 0 Å². The van der Waals surface area contributed by atoms with Crippen LogP contribution < -0.4 is 0 Å². The van der Waals surface area contributed by atoms with E-state index >= 15 is 0 Å². The van der Waals surface area contributed by atoms with Crippen LogP contribution in [0.25, 0.3) is 0 Å². The average molecular weight is 305 g/mol. The molecule has 0 aliphatic carbocycles. The van der Waals surface area contributed by atoms with Crippen molar-refractivity contribution in [2.24, 2.45) is 4.52 Å². The molecule has 0 N–H and O–H groups in total. The Labute approximate surface area is 108 Å². The quantitative estimate of drug-likeness (QED) is 0.607. The van der Waals surface area contributed by atoms with Crippen LogP contribution in [0, 0.1) is 0 Å². The Hall–Kier alpha value is 0.680. The average Bonchev–Trinajstić information content (AvgIpc) is 2.30. The van der Waals surface area contributed by atoms with Crippen molar-refractivity contribution in [1.82, 2.24) is 0 Å². The van der Waals surface area contributed by atoms with Gasteiger partial charge in [-0.1, -0.05) is 0 Å². The third-order valence-electron chi connectivity index (χ3n) is 1.56. The van der Waals surface area contributed by atoms with Crippen LogP contribution in [0.5, 0.6) is 0 Å². The van der Waals surface area contributed by atoms with Crippen molar-refractivity contribution in [1.29, 1.82) is 0 Å². The van der Waals surface area contributed by atoms with Crippen molar-refractivity contribution in [3.8, 4) is 0 Å². The molecule has 0 atom stereocenters. The van der Waals surface area contributed by atoms with Gasteiger partial charge in [-0.25, -0.2) is 0 Å². The van der Waals surface area contributed by atoms with E-state index in [1.54, 1.807) is 0 Å². The molecule has 17 heavy (non-hydrogen) atoms. The minimum Gasteiger partial charge on any atom is -0.316 e. The fourth-order valence-corrected chi connectivity index (χ4v) is 5.39. The van der Waals surface area contributed by atoms with Gasteiger partial charge in [0.05, 0.1) is 19.8 Å². The minimum atomic E-state index is -2.83. The Morgan fingerprint density at radius 3 is 1.47 bits per heavy atom. The second-order valence-electron chi connectivity index (χ2n) is 2.65. The zero-order chi connectivity index (χ0) is 13.4. The molecule has 0 aromatic rings. The third-order valence-corrected chi connectivity index (χ3v) is 7.54. The molecule has 0 unspecified atom stereocenters. The fourth-order valence-electron chi connectivity index (χ4n) is 0.960. The third kappa shape index (κ3) is 5.90. The highest BCUT2D eigenvalue weighted by Crippen LogP contribution is 2.64. The summed E-state index contributed by atoms with van der Waals surface area (Å²) in [5, 5.41) is 0. The van der Waals surface area contributed by atoms with E-state index < -0.39 is 14.4 Å². The van der Waals surface area contributed by atoms with E-state index in [1.807, 2.05) is 20.8 Å². The number of rotatable bonds is 9. The molecule has 0 spiro atoms. The van der Waals surface area contributed by atoms with Gasteiger partial charge in [-0.05, 0) is 32.6 Å². The monoisotopic (exact) mass is 305 g/mol. The van der Waals surface area contributed by atoms with E-state index in [1.165, 1.54) is 14.2 Å². The molecule has 0 amide bonds. The lowest BCUT2D eigenvalue weighted by Crippen LogP contribution is -2.01. The SMILES string of the molecule is CCOP(=NP(=S)(OC)OC)(OCC)OCC. The lowest BCUT2D eigenvalue weighted by Gasteiger charge is -2.24. The van der Waals surface area contributed by atoms with Gasteiger partial charge in [-0.2, -0.15) is 0 Å². The summed E-state index contributed by atoms with van der Waals surface area (Å²) in [5.74, 6) is 0. The van der Waals surface area contributed by atoms with Crippen LogP contribution in [0.15, 0.2) is 4.52 Å². The summed E-state index contributed by atoms with van der Waals surface area (Å²) in [6, 6.07) is 0. The number of hydrogen-bond donors (Lipinski definition) is 0. The normalized spacial score (nSPS) is 12.8. The van der Waals surface area contributed by atoms with Gasteiger partial charge in [-0.15, -0.1) is 4.52 Å². The Morgan fingerprint density at radius 2 is 1.24 bits per heavy atom. The Kier molecular flexibility index (Phi) is 9.07. The maximum Gasteiger partial charge on any atom is 0.363 e. The topological polar surface area (TPSA) is 58.5 Å². The molecule has 0 radical (unpaired) electrons. The molecular formula is C8H21NO5P2S. The van der Waals surface area contributed by atoms with Crippen LogP contribution in [0.2, 0.25) is 0 Å². The van der Waals surface area contributed by atoms with E-state index in [0.29, 0.717) is 19.8 Å². The van der Waals surface area contributed by atoms with Gasteiger partial charge in [-0.3, -0.25) is 0 Å². The van der Waals surface area contributed by atoms with Gasteiger partial charge in [0.2, 0.25) is 0 Å². The summed E-state index contributed by atoms with van der Waals surface area (Å²) < 4.78 is 31.0. The van der Waals surface area contributed by atoms with Crippen molar-refractivity contribution >= 4 is 26.2 Å². The van der Waals surface area contributed by atoms with E-state index in [4.69, 9.17) is 34.4 Å². The summed E-state index contributed by atoms with van der Waals surface area (Å²) in [5.41, 5.74) is 0. The predicted octanol–water partition coefficient (Wildman–Crippen LogP) is 3.56. The maximum absolute atomic E-state index is 5.51. The first-order chi connectivity index (χ1) is 8.01. The van der Waals surface area contributed by atoms with Gasteiger partial charge in [0, 0.05) is 14.2 Å². The van der Waals surface area contributed by atoms with Crippen molar-refractivity contribution in [2.75, 3.05) is 34.0 Å². The molecule has 0 aliphatic heterocycles. The van der Waals surface area contributed by atoms with Crippen molar-refractivity contribution in [2.45, 2.75) is 20.8 Å². The summed E-state index contributed by atoms with van der Waals surface area (Å²) in [7, 11) is 0.0709. The Bertz CT molecular complexity index is 281. The highest BCUT2D eigenvalue weighted by molar-refractivity contribution is 8.10. The first kappa shape index (κ1) is 17.7. The molecule has 0 saturated heterocycles. The van der Waals surface area contributed by atoms with Gasteiger partial charge >= 0.3 is 14.4 Å². The lowest BCUT2D eigenvalue weighted by molar-refractivity contribution is 0.163. The number of nitrogens with zero attached hydrogens (tertiary/aromatic N) is 1. The first-order valence-corrected chi connectivity index (χ1v) is 9.39. The van der Waals surface area contributed by atoms with Crippen LogP contribution in [0.1, 0.15) is 20.8 Å². The summed E-state index contributed by atoms with van der Waals surface area (Å²) in [6.07, 6.45) is 0. The zero-order valence-corrected chi connectivity index (χ0v) is 13.5. The van der Waals surface area contributed by atoms with Crippen LogP contribution in [0.4, 0.5) is 0 Å². The maximum atomic E-state index is 5.51. The Balaban J connectivity index is 5.37. The molecule has 0 saturated carbocycles. The van der Waals surface area contributed by atoms with Crippen LogP contribution in [-0.2, 0) is 34.4 Å². The molecular weight excluding hydrogens is 284 g/mol. The zero-order valence-electron chi connectivity index (χ0n) is 10.9. The second-order valence-corrected chi connectivity index (χ2v) is 8.12. The summed E-state index contributed by atoms with van der Waals surface area (Å²) >= 11 is 5.18. The highest BCUT2D eigenvalue weighted by Gasteiger charge is 2.28. The van der Waals surface area contributed by atoms with Crippen LogP contribution in [-0.4, -0.2) is 34.0 Å². The molecule has 9 heteroatoms. The molecule has 0 fully saturated rings. The second kappa shape index (κ2) is 8.73. The standard InChI is InChI=1S/C8H21NO5P2S/c1-6-12-15(13-7-2,14-8-3)9-16(17,10-4)11-5/h6-8H2,1-5H3. The smallest absolute Gasteiger partial charge is 0.316 e.